The summed E-state index contributed by atoms with van der Waals surface area (Å²) in [5.41, 5.74) is 15.7. The third kappa shape index (κ3) is 6.59. The number of methoxy groups -OCH3 is 1. The Bertz CT molecular complexity index is 948. The van der Waals surface area contributed by atoms with Crippen molar-refractivity contribution in [3.8, 4) is 0 Å². The molecule has 2 heterocycles. The van der Waals surface area contributed by atoms with Crippen molar-refractivity contribution < 1.29 is 4.74 Å². The summed E-state index contributed by atoms with van der Waals surface area (Å²) >= 11 is 0. The Kier molecular flexibility index (Phi) is 8.83. The maximum Gasteiger partial charge on any atom is 0.132 e. The van der Waals surface area contributed by atoms with Crippen LogP contribution in [0.15, 0.2) is 54.3 Å². The monoisotopic (exact) mass is 409 g/mol. The fourth-order valence-electron chi connectivity index (χ4n) is 2.71. The molecule has 0 aliphatic rings. The number of aromatic nitrogens is 2. The topological polar surface area (TPSA) is 135 Å². The van der Waals surface area contributed by atoms with Crippen LogP contribution in [0.2, 0.25) is 0 Å². The first-order valence-corrected chi connectivity index (χ1v) is 9.84. The first-order chi connectivity index (χ1) is 14.5. The van der Waals surface area contributed by atoms with Crippen LogP contribution in [0.1, 0.15) is 25.8 Å². The highest BCUT2D eigenvalue weighted by molar-refractivity contribution is 6.08. The smallest absolute Gasteiger partial charge is 0.132 e. The molecule has 0 unspecified atom stereocenters. The van der Waals surface area contributed by atoms with Gasteiger partial charge in [0.1, 0.15) is 11.6 Å². The second-order valence-electron chi connectivity index (χ2n) is 7.05. The van der Waals surface area contributed by atoms with Crippen LogP contribution in [-0.4, -0.2) is 36.4 Å². The van der Waals surface area contributed by atoms with E-state index in [0.717, 1.165) is 35.2 Å². The van der Waals surface area contributed by atoms with Gasteiger partial charge in [-0.3, -0.25) is 4.98 Å². The molecule has 0 aliphatic carbocycles. The molecule has 0 amide bonds. The van der Waals surface area contributed by atoms with Crippen LogP contribution in [0.5, 0.6) is 0 Å². The maximum absolute atomic E-state index is 7.72. The van der Waals surface area contributed by atoms with Crippen molar-refractivity contribution in [1.82, 2.24) is 15.3 Å². The Morgan fingerprint density at radius 3 is 2.77 bits per heavy atom. The molecule has 0 bridgehead atoms. The summed E-state index contributed by atoms with van der Waals surface area (Å²) in [5, 5.41) is 14.0. The number of nitrogens with zero attached hydrogens (tertiary/aromatic N) is 2. The van der Waals surface area contributed by atoms with E-state index in [0.29, 0.717) is 23.8 Å². The summed E-state index contributed by atoms with van der Waals surface area (Å²) in [6.45, 7) is 5.55. The van der Waals surface area contributed by atoms with E-state index in [1.54, 1.807) is 31.8 Å². The predicted octanol–water partition coefficient (Wildman–Crippen LogP) is 2.96. The SMILES string of the molecule is COCCCN/C=C(\C=N)c1cnc2ccc(N/C(N)=C/C(=C\N)C(C)C)nc2c1. The molecule has 30 heavy (non-hydrogen) atoms. The molecular weight excluding hydrogens is 378 g/mol. The van der Waals surface area contributed by atoms with Crippen LogP contribution >= 0.6 is 0 Å². The van der Waals surface area contributed by atoms with E-state index in [1.165, 1.54) is 6.21 Å². The fraction of sp³-hybridized carbons (Fsp3) is 0.318. The van der Waals surface area contributed by atoms with E-state index in [9.17, 15) is 0 Å². The van der Waals surface area contributed by atoms with Crippen LogP contribution in [0.3, 0.4) is 0 Å². The fourth-order valence-corrected chi connectivity index (χ4v) is 2.71. The van der Waals surface area contributed by atoms with E-state index in [-0.39, 0.29) is 5.92 Å². The molecule has 160 valence electrons. The molecule has 0 aromatic carbocycles. The molecule has 0 atom stereocenters. The summed E-state index contributed by atoms with van der Waals surface area (Å²) in [5.74, 6) is 1.33. The van der Waals surface area contributed by atoms with Gasteiger partial charge in [0.05, 0.1) is 11.0 Å². The average molecular weight is 410 g/mol. The Morgan fingerprint density at radius 1 is 1.30 bits per heavy atom. The molecule has 2 rings (SSSR count). The molecular formula is C22H31N7O. The number of ether oxygens (including phenoxy) is 1. The van der Waals surface area contributed by atoms with Gasteiger partial charge in [0.2, 0.25) is 0 Å². The highest BCUT2D eigenvalue weighted by Crippen LogP contribution is 2.19. The van der Waals surface area contributed by atoms with Crippen molar-refractivity contribution in [3.05, 3.63) is 59.8 Å². The molecule has 8 heteroatoms. The standard InChI is InChI=1S/C22H31N7O/c1-15(2)16(11-23)10-21(25)29-22-6-5-19-20(28-22)9-17(14-27-19)18(12-24)13-26-7-4-8-30-3/h5-6,9-15,24,26H,4,7-8,23,25H2,1-3H3,(H,28,29)/b16-11+,18-13+,21-10+,24-12?. The lowest BCUT2D eigenvalue weighted by atomic mass is 10.0. The second kappa shape index (κ2) is 11.6. The molecule has 7 N–H and O–H groups in total. The Morgan fingerprint density at radius 2 is 2.10 bits per heavy atom. The Labute approximate surface area is 177 Å². The van der Waals surface area contributed by atoms with E-state index >= 15 is 0 Å². The number of rotatable bonds is 11. The highest BCUT2D eigenvalue weighted by Gasteiger charge is 2.06. The lowest BCUT2D eigenvalue weighted by Crippen LogP contribution is -2.12. The third-order valence-corrected chi connectivity index (χ3v) is 4.41. The lowest BCUT2D eigenvalue weighted by molar-refractivity contribution is 0.195. The molecule has 2 aromatic heterocycles. The molecule has 0 saturated heterocycles. The second-order valence-corrected chi connectivity index (χ2v) is 7.05. The minimum atomic E-state index is 0.265. The zero-order valence-corrected chi connectivity index (χ0v) is 17.8. The number of allylic oxidation sites excluding steroid dienone is 3. The summed E-state index contributed by atoms with van der Waals surface area (Å²) in [6.07, 6.45) is 9.08. The van der Waals surface area contributed by atoms with Crippen molar-refractivity contribution in [1.29, 1.82) is 5.41 Å². The van der Waals surface area contributed by atoms with Crippen molar-refractivity contribution in [2.75, 3.05) is 25.6 Å². The van der Waals surface area contributed by atoms with Crippen molar-refractivity contribution in [2.45, 2.75) is 20.3 Å². The van der Waals surface area contributed by atoms with Gasteiger partial charge in [-0.15, -0.1) is 0 Å². The molecule has 0 spiro atoms. The Hall–Kier alpha value is -3.39. The summed E-state index contributed by atoms with van der Waals surface area (Å²) in [7, 11) is 1.68. The first-order valence-electron chi connectivity index (χ1n) is 9.84. The number of hydrogen-bond acceptors (Lipinski definition) is 8. The lowest BCUT2D eigenvalue weighted by Gasteiger charge is -2.10. The summed E-state index contributed by atoms with van der Waals surface area (Å²) < 4.78 is 5.03. The van der Waals surface area contributed by atoms with E-state index in [2.05, 4.69) is 20.6 Å². The largest absolute Gasteiger partial charge is 0.404 e. The zero-order chi connectivity index (χ0) is 21.9. The van der Waals surface area contributed by atoms with E-state index < -0.39 is 0 Å². The number of nitrogens with one attached hydrogen (secondary N) is 3. The van der Waals surface area contributed by atoms with Gasteiger partial charge in [-0.1, -0.05) is 13.8 Å². The van der Waals surface area contributed by atoms with Gasteiger partial charge < -0.3 is 32.2 Å². The Balaban J connectivity index is 2.22. The van der Waals surface area contributed by atoms with Gasteiger partial charge in [0.15, 0.2) is 0 Å². The van der Waals surface area contributed by atoms with Crippen LogP contribution < -0.4 is 22.1 Å². The number of fused-ring (bicyclic) bond motifs is 1. The van der Waals surface area contributed by atoms with Crippen molar-refractivity contribution >= 4 is 28.6 Å². The minimum absolute atomic E-state index is 0.265. The van der Waals surface area contributed by atoms with E-state index in [1.807, 2.05) is 32.0 Å². The van der Waals surface area contributed by atoms with Gasteiger partial charge in [-0.05, 0) is 48.4 Å². The van der Waals surface area contributed by atoms with Gasteiger partial charge in [-0.25, -0.2) is 4.98 Å². The molecule has 8 nitrogen and oxygen atoms in total. The normalized spacial score (nSPS) is 13.0. The minimum Gasteiger partial charge on any atom is -0.404 e. The molecule has 2 aromatic rings. The van der Waals surface area contributed by atoms with Crippen molar-refractivity contribution in [3.63, 3.8) is 0 Å². The molecule has 0 aliphatic heterocycles. The van der Waals surface area contributed by atoms with Gasteiger partial charge >= 0.3 is 0 Å². The number of anilines is 1. The zero-order valence-electron chi connectivity index (χ0n) is 17.8. The average Bonchev–Trinajstić information content (AvgIpc) is 2.74. The number of pyridine rings is 2. The maximum atomic E-state index is 7.72. The van der Waals surface area contributed by atoms with Gasteiger partial charge in [0.25, 0.3) is 0 Å². The first kappa shape index (κ1) is 22.9. The number of nitrogens with two attached hydrogens (primary N) is 2. The predicted molar refractivity (Wildman–Crippen MR) is 124 cm³/mol. The van der Waals surface area contributed by atoms with Crippen LogP contribution in [0.25, 0.3) is 16.6 Å². The van der Waals surface area contributed by atoms with Crippen LogP contribution in [0, 0.1) is 11.3 Å². The van der Waals surface area contributed by atoms with Crippen molar-refractivity contribution in [2.24, 2.45) is 17.4 Å². The van der Waals surface area contributed by atoms with E-state index in [4.69, 9.17) is 21.6 Å². The van der Waals surface area contributed by atoms with Crippen LogP contribution in [-0.2, 0) is 4.74 Å². The van der Waals surface area contributed by atoms with Gasteiger partial charge in [-0.2, -0.15) is 0 Å². The summed E-state index contributed by atoms with van der Waals surface area (Å²) in [6, 6.07) is 5.60. The molecule has 0 saturated carbocycles. The highest BCUT2D eigenvalue weighted by atomic mass is 16.5. The van der Waals surface area contributed by atoms with Crippen LogP contribution in [0.4, 0.5) is 5.82 Å². The third-order valence-electron chi connectivity index (χ3n) is 4.41. The number of hydrogen-bond donors (Lipinski definition) is 5. The van der Waals surface area contributed by atoms with Gasteiger partial charge in [0, 0.05) is 50.0 Å². The quantitative estimate of drug-likeness (QED) is 0.219. The molecule has 0 radical (unpaired) electrons. The molecule has 0 fully saturated rings. The summed E-state index contributed by atoms with van der Waals surface area (Å²) in [4.78, 5) is 9.07.